The Hall–Kier alpha value is -1.64. The van der Waals surface area contributed by atoms with Gasteiger partial charge in [-0.15, -0.1) is 0 Å². The molecule has 0 saturated heterocycles. The van der Waals surface area contributed by atoms with E-state index < -0.39 is 64.2 Å². The van der Waals surface area contributed by atoms with Crippen molar-refractivity contribution in [2.24, 2.45) is 22.7 Å². The van der Waals surface area contributed by atoms with Gasteiger partial charge in [0.1, 0.15) is 18.4 Å². The molecule has 9 heteroatoms. The van der Waals surface area contributed by atoms with E-state index in [-0.39, 0.29) is 49.3 Å². The highest BCUT2D eigenvalue weighted by Crippen LogP contribution is 2.71. The van der Waals surface area contributed by atoms with Crippen LogP contribution in [0.4, 0.5) is 8.78 Å². The summed E-state index contributed by atoms with van der Waals surface area (Å²) >= 11 is 6.22. The van der Waals surface area contributed by atoms with Crippen molar-refractivity contribution >= 4 is 29.1 Å². The van der Waals surface area contributed by atoms with E-state index in [1.165, 1.54) is 12.2 Å². The van der Waals surface area contributed by atoms with Crippen LogP contribution >= 0.6 is 11.6 Å². The van der Waals surface area contributed by atoms with Crippen molar-refractivity contribution < 1.29 is 37.7 Å². The van der Waals surface area contributed by atoms with E-state index in [0.717, 1.165) is 0 Å². The van der Waals surface area contributed by atoms with Crippen LogP contribution in [-0.2, 0) is 23.9 Å². The number of aliphatic hydroxyl groups is 1. The number of halogens is 3. The van der Waals surface area contributed by atoms with Gasteiger partial charge in [0.2, 0.25) is 5.78 Å². The zero-order valence-electron chi connectivity index (χ0n) is 20.4. The molecule has 0 radical (unpaired) electrons. The highest BCUT2D eigenvalue weighted by atomic mass is 35.5. The number of rotatable bonds is 7. The molecule has 0 unspecified atom stereocenters. The van der Waals surface area contributed by atoms with Gasteiger partial charge in [-0.1, -0.05) is 24.6 Å². The summed E-state index contributed by atoms with van der Waals surface area (Å²) in [6.45, 7) is 4.79. The number of Topliss-reactive ketones (excluding diaryl/α,β-unsaturated/α-hetero) is 1. The van der Waals surface area contributed by atoms with Gasteiger partial charge in [-0.05, 0) is 63.5 Å². The first-order valence-electron chi connectivity index (χ1n) is 12.3. The molecule has 0 aromatic heterocycles. The minimum Gasteiger partial charge on any atom is -0.450 e. The Balaban J connectivity index is 1.77. The van der Waals surface area contributed by atoms with E-state index in [0.29, 0.717) is 13.0 Å². The predicted octanol–water partition coefficient (Wildman–Crippen LogP) is 4.17. The van der Waals surface area contributed by atoms with Gasteiger partial charge >= 0.3 is 5.97 Å². The summed E-state index contributed by atoms with van der Waals surface area (Å²) in [5.41, 5.74) is -5.77. The molecule has 6 nitrogen and oxygen atoms in total. The van der Waals surface area contributed by atoms with Crippen LogP contribution in [0.1, 0.15) is 59.3 Å². The van der Waals surface area contributed by atoms with Gasteiger partial charge < -0.3 is 14.6 Å². The molecule has 0 amide bonds. The molecular formula is C26H33ClF2O6. The van der Waals surface area contributed by atoms with E-state index in [1.807, 2.05) is 6.92 Å². The number of allylic oxidation sites excluding steroid dienone is 4. The maximum atomic E-state index is 17.2. The molecule has 0 aromatic rings. The van der Waals surface area contributed by atoms with Gasteiger partial charge in [0.15, 0.2) is 11.4 Å². The summed E-state index contributed by atoms with van der Waals surface area (Å²) in [4.78, 5) is 38.2. The Labute approximate surface area is 209 Å². The van der Waals surface area contributed by atoms with E-state index >= 15 is 8.78 Å². The predicted molar refractivity (Wildman–Crippen MR) is 124 cm³/mol. The summed E-state index contributed by atoms with van der Waals surface area (Å²) < 4.78 is 44.0. The normalized spacial score (nSPS) is 42.4. The molecule has 4 aliphatic carbocycles. The molecular weight excluding hydrogens is 482 g/mol. The minimum absolute atomic E-state index is 0.0000701. The first kappa shape index (κ1) is 26.4. The number of alkyl halides is 2. The maximum Gasteiger partial charge on any atom is 0.309 e. The Morgan fingerprint density at radius 3 is 2.60 bits per heavy atom. The zero-order chi connectivity index (χ0) is 25.8. The second kappa shape index (κ2) is 9.03. The fraction of sp³-hybridized carbons (Fsp3) is 0.731. The molecule has 1 N–H and O–H groups in total. The van der Waals surface area contributed by atoms with Crippen molar-refractivity contribution in [1.29, 1.82) is 0 Å². The maximum absolute atomic E-state index is 17.2. The van der Waals surface area contributed by atoms with Crippen molar-refractivity contribution in [1.82, 2.24) is 0 Å². The minimum atomic E-state index is -1.89. The first-order chi connectivity index (χ1) is 16.4. The second-order valence-corrected chi connectivity index (χ2v) is 11.1. The number of carbonyl (C=O) groups excluding carboxylic acids is 3. The van der Waals surface area contributed by atoms with Crippen LogP contribution in [0.2, 0.25) is 0 Å². The highest BCUT2D eigenvalue weighted by molar-refractivity contribution is 6.45. The van der Waals surface area contributed by atoms with Crippen molar-refractivity contribution in [3.05, 3.63) is 22.8 Å². The Morgan fingerprint density at radius 2 is 1.94 bits per heavy atom. The van der Waals surface area contributed by atoms with Crippen LogP contribution in [0.5, 0.6) is 0 Å². The lowest BCUT2D eigenvalue weighted by Gasteiger charge is -2.61. The van der Waals surface area contributed by atoms with E-state index in [2.05, 4.69) is 0 Å². The second-order valence-electron chi connectivity index (χ2n) is 10.7. The van der Waals surface area contributed by atoms with Crippen LogP contribution in [0.3, 0.4) is 0 Å². The number of esters is 1. The van der Waals surface area contributed by atoms with Crippen molar-refractivity contribution in [3.8, 4) is 0 Å². The third-order valence-corrected chi connectivity index (χ3v) is 9.73. The highest BCUT2D eigenvalue weighted by Gasteiger charge is 2.74. The van der Waals surface area contributed by atoms with Crippen molar-refractivity contribution in [2.75, 3.05) is 19.8 Å². The molecule has 35 heavy (non-hydrogen) atoms. The zero-order valence-corrected chi connectivity index (χ0v) is 21.1. The molecule has 3 saturated carbocycles. The molecule has 0 heterocycles. The van der Waals surface area contributed by atoms with Gasteiger partial charge in [0.25, 0.3) is 0 Å². The number of fused-ring (bicyclic) bond motifs is 5. The van der Waals surface area contributed by atoms with Gasteiger partial charge in [-0.3, -0.25) is 14.4 Å². The molecule has 0 aromatic carbocycles. The lowest BCUT2D eigenvalue weighted by atomic mass is 9.45. The summed E-state index contributed by atoms with van der Waals surface area (Å²) in [5.74, 6) is -2.85. The number of carbonyl (C=O) groups is 3. The van der Waals surface area contributed by atoms with E-state index in [4.69, 9.17) is 21.1 Å². The summed E-state index contributed by atoms with van der Waals surface area (Å²) in [5, 5.41) is 8.97. The van der Waals surface area contributed by atoms with Gasteiger partial charge in [0, 0.05) is 23.4 Å². The fourth-order valence-electron chi connectivity index (χ4n) is 7.50. The third-order valence-electron chi connectivity index (χ3n) is 9.34. The smallest absolute Gasteiger partial charge is 0.309 e. The van der Waals surface area contributed by atoms with Crippen LogP contribution in [0.15, 0.2) is 22.8 Å². The number of ether oxygens (including phenoxy) is 2. The number of hydrogen-bond acceptors (Lipinski definition) is 6. The number of hydrogen-bond donors (Lipinski definition) is 1. The van der Waals surface area contributed by atoms with Gasteiger partial charge in [-0.25, -0.2) is 8.78 Å². The first-order valence-corrected chi connectivity index (χ1v) is 12.7. The SMILES string of the molecule is CCOCC(=O)[C@@]1(OC(=O)CCO)CC[C@H]2[C@@H]3C[C@H](F)C4=C(Cl)C(=O)C=C[C@]4(C)[C@@]3(F)CC[C@@]21C. The standard InChI is InChI=1S/C26H33ClF2O6/c1-4-34-14-19(32)26(35-20(33)7-12-30)9-5-15-16-13-17(28)21-22(27)18(31)6-8-24(21,3)25(16,29)11-10-23(15,26)2/h6,8,15-17,30H,4-5,7,9-14H2,1-3H3/t15-,16-,17-,23-,24-,25+,26-/m0/s1. The third kappa shape index (κ3) is 3.57. The summed E-state index contributed by atoms with van der Waals surface area (Å²) in [6.07, 6.45) is 1.37. The monoisotopic (exact) mass is 514 g/mol. The average Bonchev–Trinajstić information content (AvgIpc) is 3.10. The molecule has 0 aliphatic heterocycles. The van der Waals surface area contributed by atoms with Crippen LogP contribution in [0, 0.1) is 22.7 Å². The number of ketones is 2. The van der Waals surface area contributed by atoms with Crippen LogP contribution in [-0.4, -0.2) is 59.9 Å². The van der Waals surface area contributed by atoms with E-state index in [1.54, 1.807) is 13.8 Å². The molecule has 7 atom stereocenters. The van der Waals surface area contributed by atoms with Crippen LogP contribution in [0.25, 0.3) is 0 Å². The topological polar surface area (TPSA) is 89.9 Å². The molecule has 4 rings (SSSR count). The molecule has 0 bridgehead atoms. The summed E-state index contributed by atoms with van der Waals surface area (Å²) in [7, 11) is 0. The number of aliphatic hydroxyl groups excluding tert-OH is 1. The summed E-state index contributed by atoms with van der Waals surface area (Å²) in [6, 6.07) is 0. The van der Waals surface area contributed by atoms with Gasteiger partial charge in [0.05, 0.1) is 18.1 Å². The van der Waals surface area contributed by atoms with Crippen LogP contribution < -0.4 is 0 Å². The van der Waals surface area contributed by atoms with E-state index in [9.17, 15) is 19.5 Å². The Kier molecular flexibility index (Phi) is 6.82. The Morgan fingerprint density at radius 1 is 1.23 bits per heavy atom. The lowest BCUT2D eigenvalue weighted by Crippen LogP contribution is -2.65. The average molecular weight is 515 g/mol. The quantitative estimate of drug-likeness (QED) is 0.513. The molecule has 3 fully saturated rings. The largest absolute Gasteiger partial charge is 0.450 e. The molecule has 4 aliphatic rings. The lowest BCUT2D eigenvalue weighted by molar-refractivity contribution is -0.201. The molecule has 194 valence electrons. The van der Waals surface area contributed by atoms with Gasteiger partial charge in [-0.2, -0.15) is 0 Å². The Bertz CT molecular complexity index is 996. The molecule has 0 spiro atoms. The fourth-order valence-corrected chi connectivity index (χ4v) is 7.88. The van der Waals surface area contributed by atoms with Crippen molar-refractivity contribution in [3.63, 3.8) is 0 Å². The van der Waals surface area contributed by atoms with Crippen molar-refractivity contribution in [2.45, 2.75) is 76.7 Å².